The third-order valence-corrected chi connectivity index (χ3v) is 19.6. The Morgan fingerprint density at radius 2 is 0.864 bits per heavy atom. The average molecular weight is 1140 g/mol. The molecule has 0 radical (unpaired) electrons. The van der Waals surface area contributed by atoms with E-state index in [1.165, 1.54) is 126 Å². The SMILES string of the molecule is CC(C)(C)c1cc(-c2ccccc2)c(N2c3cc(-n4c5ccc(C(C)(C)C)cc5c5cc(C(C)(C)C)ccc54)ccc3B3c4ccc(-c5ccc6cccc7c8cccc9cccc(c5c67)c98)cc4Oc4cc(C(C)(C)C)cc2c43)c(-c2ccccc2)c1. The van der Waals surface area contributed by atoms with Crippen LogP contribution in [0.5, 0.6) is 11.5 Å². The third kappa shape index (κ3) is 8.31. The van der Waals surface area contributed by atoms with Crippen molar-refractivity contribution in [2.45, 2.75) is 105 Å². The highest BCUT2D eigenvalue weighted by Crippen LogP contribution is 2.53. The molecule has 1 aromatic heterocycles. The average Bonchev–Trinajstić information content (AvgIpc) is 0.735. The number of nitrogens with zero attached hydrogens (tertiary/aromatic N) is 2. The summed E-state index contributed by atoms with van der Waals surface area (Å²) in [7, 11) is 0. The lowest BCUT2D eigenvalue weighted by Crippen LogP contribution is -2.59. The van der Waals surface area contributed by atoms with Gasteiger partial charge < -0.3 is 14.2 Å². The van der Waals surface area contributed by atoms with E-state index >= 15 is 0 Å². The minimum atomic E-state index is -0.232. The van der Waals surface area contributed by atoms with Crippen LogP contribution in [0.15, 0.2) is 224 Å². The smallest absolute Gasteiger partial charge is 0.256 e. The summed E-state index contributed by atoms with van der Waals surface area (Å²) in [5, 5.41) is 12.8. The van der Waals surface area contributed by atoms with Crippen LogP contribution in [0.2, 0.25) is 0 Å². The van der Waals surface area contributed by atoms with E-state index in [0.717, 1.165) is 45.3 Å². The largest absolute Gasteiger partial charge is 0.458 e. The Balaban J connectivity index is 1.01. The zero-order chi connectivity index (χ0) is 60.5. The summed E-state index contributed by atoms with van der Waals surface area (Å²) in [6.45, 7) is 27.8. The molecule has 0 unspecified atom stereocenters. The molecule has 0 saturated carbocycles. The van der Waals surface area contributed by atoms with Crippen LogP contribution in [-0.4, -0.2) is 11.3 Å². The molecule has 0 aliphatic carbocycles. The lowest BCUT2D eigenvalue weighted by atomic mass is 9.34. The van der Waals surface area contributed by atoms with Crippen LogP contribution < -0.4 is 26.0 Å². The van der Waals surface area contributed by atoms with E-state index in [0.29, 0.717) is 0 Å². The second kappa shape index (κ2) is 19.1. The van der Waals surface area contributed by atoms with Gasteiger partial charge in [-0.25, -0.2) is 0 Å². The van der Waals surface area contributed by atoms with Crippen molar-refractivity contribution in [3.63, 3.8) is 0 Å². The molecular weight excluding hydrogens is 1060 g/mol. The van der Waals surface area contributed by atoms with Crippen LogP contribution in [0, 0.1) is 0 Å². The highest BCUT2D eigenvalue weighted by Gasteiger charge is 2.44. The molecule has 3 heterocycles. The molecule has 0 saturated heterocycles. The van der Waals surface area contributed by atoms with E-state index in [2.05, 4.69) is 317 Å². The Hall–Kier alpha value is -9.38. The fraction of sp³-hybridized carbons (Fsp3) is 0.190. The molecule has 0 atom stereocenters. The maximum Gasteiger partial charge on any atom is 0.256 e. The molecule has 3 nitrogen and oxygen atoms in total. The third-order valence-electron chi connectivity index (χ3n) is 19.6. The lowest BCUT2D eigenvalue weighted by Gasteiger charge is -2.43. The Morgan fingerprint density at radius 3 is 1.44 bits per heavy atom. The van der Waals surface area contributed by atoms with Gasteiger partial charge in [0.05, 0.1) is 16.7 Å². The van der Waals surface area contributed by atoms with Crippen molar-refractivity contribution >= 4 is 105 Å². The van der Waals surface area contributed by atoms with Gasteiger partial charge in [0, 0.05) is 39.0 Å². The van der Waals surface area contributed by atoms with Gasteiger partial charge in [-0.15, -0.1) is 0 Å². The predicted octanol–water partition coefficient (Wildman–Crippen LogP) is 21.4. The Morgan fingerprint density at radius 1 is 0.330 bits per heavy atom. The first-order valence-corrected chi connectivity index (χ1v) is 31.6. The lowest BCUT2D eigenvalue weighted by molar-refractivity contribution is 0.483. The number of rotatable bonds is 5. The van der Waals surface area contributed by atoms with E-state index in [4.69, 9.17) is 4.74 Å². The van der Waals surface area contributed by atoms with E-state index in [1.54, 1.807) is 0 Å². The summed E-state index contributed by atoms with van der Waals surface area (Å²) in [5.41, 5.74) is 22.3. The quantitative estimate of drug-likeness (QED) is 0.0971. The second-order valence-corrected chi connectivity index (χ2v) is 29.3. The van der Waals surface area contributed by atoms with Crippen molar-refractivity contribution < 1.29 is 4.74 Å². The van der Waals surface area contributed by atoms with Crippen molar-refractivity contribution in [2.75, 3.05) is 4.90 Å². The first-order chi connectivity index (χ1) is 42.2. The Kier molecular flexibility index (Phi) is 11.7. The van der Waals surface area contributed by atoms with Gasteiger partial charge in [0.1, 0.15) is 11.5 Å². The van der Waals surface area contributed by atoms with Crippen LogP contribution in [0.4, 0.5) is 17.1 Å². The maximum atomic E-state index is 7.64. The minimum Gasteiger partial charge on any atom is -0.458 e. The van der Waals surface area contributed by atoms with Crippen LogP contribution in [0.3, 0.4) is 0 Å². The summed E-state index contributed by atoms with van der Waals surface area (Å²) in [5.74, 6) is 1.79. The van der Waals surface area contributed by atoms with Crippen LogP contribution in [0.1, 0.15) is 105 Å². The van der Waals surface area contributed by atoms with Gasteiger partial charge in [-0.2, -0.15) is 0 Å². The molecule has 0 bridgehead atoms. The molecule has 88 heavy (non-hydrogen) atoms. The molecule has 2 aliphatic rings. The van der Waals surface area contributed by atoms with Gasteiger partial charge in [0.2, 0.25) is 0 Å². The topological polar surface area (TPSA) is 17.4 Å². The predicted molar refractivity (Wildman–Crippen MR) is 379 cm³/mol. The zero-order valence-corrected chi connectivity index (χ0v) is 52.7. The summed E-state index contributed by atoms with van der Waals surface area (Å²) in [6, 6.07) is 85.9. The van der Waals surface area contributed by atoms with Crippen LogP contribution >= 0.6 is 0 Å². The van der Waals surface area contributed by atoms with Crippen LogP contribution in [-0.2, 0) is 21.7 Å². The summed E-state index contributed by atoms with van der Waals surface area (Å²) >= 11 is 0. The molecule has 0 fully saturated rings. The monoisotopic (exact) mass is 1140 g/mol. The van der Waals surface area contributed by atoms with Gasteiger partial charge in [-0.1, -0.05) is 241 Å². The Labute approximate surface area is 518 Å². The second-order valence-electron chi connectivity index (χ2n) is 29.3. The molecule has 0 N–H and O–H groups in total. The first kappa shape index (κ1) is 54.0. The number of aromatic nitrogens is 1. The number of hydrogen-bond acceptors (Lipinski definition) is 2. The van der Waals surface area contributed by atoms with E-state index < -0.39 is 0 Å². The highest BCUT2D eigenvalue weighted by molar-refractivity contribution is 6.99. The molecule has 13 aromatic carbocycles. The van der Waals surface area contributed by atoms with Crippen molar-refractivity contribution in [1.29, 1.82) is 0 Å². The molecular formula is C84H73BN2O. The first-order valence-electron chi connectivity index (χ1n) is 31.6. The summed E-state index contributed by atoms with van der Waals surface area (Å²) < 4.78 is 10.2. The van der Waals surface area contributed by atoms with E-state index in [9.17, 15) is 0 Å². The molecule has 2 aliphatic heterocycles. The molecule has 428 valence electrons. The number of hydrogen-bond donors (Lipinski definition) is 0. The zero-order valence-electron chi connectivity index (χ0n) is 52.7. The maximum absolute atomic E-state index is 7.64. The molecule has 16 rings (SSSR count). The fourth-order valence-electron chi connectivity index (χ4n) is 14.8. The van der Waals surface area contributed by atoms with E-state index in [-0.39, 0.29) is 28.4 Å². The van der Waals surface area contributed by atoms with Crippen molar-refractivity contribution in [1.82, 2.24) is 4.57 Å². The van der Waals surface area contributed by atoms with E-state index in [1.807, 2.05) is 0 Å². The van der Waals surface area contributed by atoms with Gasteiger partial charge in [0.15, 0.2) is 0 Å². The Bertz CT molecular complexity index is 5080. The molecule has 0 spiro atoms. The van der Waals surface area contributed by atoms with Gasteiger partial charge in [0.25, 0.3) is 6.71 Å². The summed E-state index contributed by atoms with van der Waals surface area (Å²) in [6.07, 6.45) is 0. The summed E-state index contributed by atoms with van der Waals surface area (Å²) in [4.78, 5) is 2.66. The van der Waals surface area contributed by atoms with Gasteiger partial charge in [-0.05, 0) is 192 Å². The molecule has 4 heteroatoms. The molecule has 0 amide bonds. The number of ether oxygens (including phenoxy) is 1. The van der Waals surface area contributed by atoms with Gasteiger partial charge in [-0.3, -0.25) is 0 Å². The number of anilines is 3. The van der Waals surface area contributed by atoms with Crippen molar-refractivity contribution in [3.05, 3.63) is 247 Å². The highest BCUT2D eigenvalue weighted by atomic mass is 16.5. The van der Waals surface area contributed by atoms with Gasteiger partial charge >= 0.3 is 0 Å². The molecule has 14 aromatic rings. The fourth-order valence-corrected chi connectivity index (χ4v) is 14.8. The number of fused-ring (bicyclic) bond motifs is 9. The standard InChI is InChI=1S/C84H73BN2O/c1-81(2,3)55-34-40-70-66(43-55)67-44-56(82(4,5)6)35-41-71(67)86(70)59-36-39-68-72(49-59)87(80-64(50-22-15-13-16-23-50)45-57(83(7,8)9)46-65(80)51-24-17-14-18-25-51)73-47-58(84(10,11)12)48-75-79(73)85(68)69-38-33-54(42-74(69)88-75)60-37-32-53-28-20-30-62-61-29-19-26-52-27-21-31-63(76(52)61)78(60)77(53)62/h13-49H,1-12H3. The van der Waals surface area contributed by atoms with Crippen LogP contribution in [0.25, 0.3) is 104 Å². The normalized spacial score (nSPS) is 13.5. The minimum absolute atomic E-state index is 0.0265. The number of benzene rings is 13. The van der Waals surface area contributed by atoms with Crippen molar-refractivity contribution in [3.8, 4) is 50.6 Å². The van der Waals surface area contributed by atoms with Crippen molar-refractivity contribution in [2.24, 2.45) is 0 Å².